The largest absolute Gasteiger partial charge is 0.444 e. The number of ether oxygens (including phenoxy) is 1. The molecule has 106 valence electrons. The van der Waals surface area contributed by atoms with E-state index in [1.165, 1.54) is 0 Å². The lowest BCUT2D eigenvalue weighted by Crippen LogP contribution is -2.64. The van der Waals surface area contributed by atoms with E-state index in [1.807, 2.05) is 0 Å². The second-order valence-corrected chi connectivity index (χ2v) is 5.66. The summed E-state index contributed by atoms with van der Waals surface area (Å²) in [7, 11) is 0. The minimum absolute atomic E-state index is 0.171. The SMILES string of the molecule is CC(C)(C)OC(=O)N1CCCC(N)(C(F)(F)F)C1. The van der Waals surface area contributed by atoms with Crippen LogP contribution < -0.4 is 5.73 Å². The first-order chi connectivity index (χ1) is 7.95. The molecule has 1 aliphatic rings. The molecule has 18 heavy (non-hydrogen) atoms. The summed E-state index contributed by atoms with van der Waals surface area (Å²) >= 11 is 0. The molecule has 0 spiro atoms. The molecule has 1 heterocycles. The normalized spacial score (nSPS) is 26.1. The van der Waals surface area contributed by atoms with Crippen molar-refractivity contribution < 1.29 is 22.7 Å². The van der Waals surface area contributed by atoms with Crippen molar-refractivity contribution in [2.24, 2.45) is 5.73 Å². The molecule has 4 nitrogen and oxygen atoms in total. The molecular formula is C11H19F3N2O2. The van der Waals surface area contributed by atoms with Crippen LogP contribution in [0.2, 0.25) is 0 Å². The van der Waals surface area contributed by atoms with Crippen LogP contribution in [0.15, 0.2) is 0 Å². The van der Waals surface area contributed by atoms with E-state index in [1.54, 1.807) is 20.8 Å². The predicted molar refractivity (Wildman–Crippen MR) is 60.0 cm³/mol. The van der Waals surface area contributed by atoms with E-state index in [0.29, 0.717) is 0 Å². The molecule has 0 aliphatic carbocycles. The lowest BCUT2D eigenvalue weighted by Gasteiger charge is -2.41. The molecule has 1 atom stereocenters. The molecule has 1 aliphatic heterocycles. The van der Waals surface area contributed by atoms with Crippen LogP contribution in [0.1, 0.15) is 33.6 Å². The zero-order valence-corrected chi connectivity index (χ0v) is 10.8. The van der Waals surface area contributed by atoms with Crippen LogP contribution >= 0.6 is 0 Å². The van der Waals surface area contributed by atoms with Crippen molar-refractivity contribution in [2.75, 3.05) is 13.1 Å². The topological polar surface area (TPSA) is 55.6 Å². The minimum atomic E-state index is -4.52. The van der Waals surface area contributed by atoms with Crippen LogP contribution in [0.25, 0.3) is 0 Å². The lowest BCUT2D eigenvalue weighted by atomic mass is 9.89. The molecule has 0 aromatic rings. The van der Waals surface area contributed by atoms with Gasteiger partial charge in [-0.1, -0.05) is 0 Å². The minimum Gasteiger partial charge on any atom is -0.444 e. The summed E-state index contributed by atoms with van der Waals surface area (Å²) in [6.07, 6.45) is -5.22. The molecule has 0 bridgehead atoms. The van der Waals surface area contributed by atoms with Gasteiger partial charge >= 0.3 is 12.3 Å². The smallest absolute Gasteiger partial charge is 0.410 e. The predicted octanol–water partition coefficient (Wildman–Crippen LogP) is 2.28. The fourth-order valence-electron chi connectivity index (χ4n) is 1.80. The number of carbonyl (C=O) groups is 1. The standard InChI is InChI=1S/C11H19F3N2O2/c1-9(2,3)18-8(17)16-6-4-5-10(15,7-16)11(12,13)14/h4-7,15H2,1-3H3. The van der Waals surface area contributed by atoms with Crippen LogP contribution in [-0.2, 0) is 4.74 Å². The molecule has 1 saturated heterocycles. The number of carbonyl (C=O) groups excluding carboxylic acids is 1. The Morgan fingerprint density at radius 1 is 1.33 bits per heavy atom. The van der Waals surface area contributed by atoms with Crippen LogP contribution in [0, 0.1) is 0 Å². The zero-order valence-electron chi connectivity index (χ0n) is 10.8. The van der Waals surface area contributed by atoms with Gasteiger partial charge in [-0.05, 0) is 33.6 Å². The van der Waals surface area contributed by atoms with Gasteiger partial charge in [-0.25, -0.2) is 4.79 Å². The number of halogens is 3. The van der Waals surface area contributed by atoms with Crippen LogP contribution in [0.4, 0.5) is 18.0 Å². The highest BCUT2D eigenvalue weighted by Gasteiger charge is 2.54. The van der Waals surface area contributed by atoms with E-state index >= 15 is 0 Å². The van der Waals surface area contributed by atoms with Crippen LogP contribution in [-0.4, -0.2) is 41.4 Å². The van der Waals surface area contributed by atoms with Gasteiger partial charge in [0, 0.05) is 6.54 Å². The second kappa shape index (κ2) is 4.60. The van der Waals surface area contributed by atoms with Gasteiger partial charge in [0.1, 0.15) is 11.1 Å². The van der Waals surface area contributed by atoms with E-state index in [0.717, 1.165) is 4.90 Å². The Morgan fingerprint density at radius 3 is 2.33 bits per heavy atom. The van der Waals surface area contributed by atoms with E-state index < -0.39 is 30.0 Å². The summed E-state index contributed by atoms with van der Waals surface area (Å²) < 4.78 is 43.4. The number of amides is 1. The van der Waals surface area contributed by atoms with E-state index in [4.69, 9.17) is 10.5 Å². The Balaban J connectivity index is 2.73. The van der Waals surface area contributed by atoms with Gasteiger partial charge in [0.15, 0.2) is 0 Å². The second-order valence-electron chi connectivity index (χ2n) is 5.66. The van der Waals surface area contributed by atoms with Gasteiger partial charge < -0.3 is 15.4 Å². The molecule has 0 aromatic heterocycles. The highest BCUT2D eigenvalue weighted by molar-refractivity contribution is 5.68. The summed E-state index contributed by atoms with van der Waals surface area (Å²) in [5.74, 6) is 0. The molecule has 0 saturated carbocycles. The van der Waals surface area contributed by atoms with Crippen molar-refractivity contribution in [1.82, 2.24) is 4.90 Å². The third-order valence-electron chi connectivity index (χ3n) is 2.74. The maximum atomic E-state index is 12.8. The molecule has 1 fully saturated rings. The highest BCUT2D eigenvalue weighted by Crippen LogP contribution is 2.35. The van der Waals surface area contributed by atoms with Gasteiger partial charge in [-0.3, -0.25) is 0 Å². The summed E-state index contributed by atoms with van der Waals surface area (Å²) in [6.45, 7) is 4.67. The molecular weight excluding hydrogens is 249 g/mol. The number of rotatable bonds is 0. The third-order valence-corrected chi connectivity index (χ3v) is 2.74. The number of likely N-dealkylation sites (tertiary alicyclic amines) is 1. The number of piperidine rings is 1. The first-order valence-electron chi connectivity index (χ1n) is 5.78. The van der Waals surface area contributed by atoms with Crippen molar-refractivity contribution in [3.8, 4) is 0 Å². The summed E-state index contributed by atoms with van der Waals surface area (Å²) in [5, 5.41) is 0. The first-order valence-corrected chi connectivity index (χ1v) is 5.78. The number of hydrogen-bond acceptors (Lipinski definition) is 3. The van der Waals surface area contributed by atoms with Crippen molar-refractivity contribution in [3.63, 3.8) is 0 Å². The van der Waals surface area contributed by atoms with Crippen molar-refractivity contribution >= 4 is 6.09 Å². The van der Waals surface area contributed by atoms with Crippen LogP contribution in [0.5, 0.6) is 0 Å². The van der Waals surface area contributed by atoms with Crippen molar-refractivity contribution in [3.05, 3.63) is 0 Å². The highest BCUT2D eigenvalue weighted by atomic mass is 19.4. The maximum absolute atomic E-state index is 12.8. The number of alkyl halides is 3. The number of nitrogens with zero attached hydrogens (tertiary/aromatic N) is 1. The number of nitrogens with two attached hydrogens (primary N) is 1. The molecule has 1 rings (SSSR count). The molecule has 0 radical (unpaired) electrons. The Hall–Kier alpha value is -0.980. The molecule has 1 unspecified atom stereocenters. The average Bonchev–Trinajstić information content (AvgIpc) is 2.13. The van der Waals surface area contributed by atoms with E-state index in [-0.39, 0.29) is 19.4 Å². The van der Waals surface area contributed by atoms with Gasteiger partial charge in [-0.2, -0.15) is 13.2 Å². The Kier molecular flexibility index (Phi) is 3.86. The summed E-state index contributed by atoms with van der Waals surface area (Å²) in [4.78, 5) is 12.7. The van der Waals surface area contributed by atoms with Crippen molar-refractivity contribution in [2.45, 2.75) is 50.9 Å². The van der Waals surface area contributed by atoms with Gasteiger partial charge in [0.05, 0.1) is 6.54 Å². The Labute approximate surface area is 104 Å². The Bertz CT molecular complexity index is 325. The van der Waals surface area contributed by atoms with Gasteiger partial charge in [0.2, 0.25) is 0 Å². The molecule has 0 aromatic carbocycles. The fourth-order valence-corrected chi connectivity index (χ4v) is 1.80. The third kappa shape index (κ3) is 3.51. The lowest BCUT2D eigenvalue weighted by molar-refractivity contribution is -0.197. The zero-order chi connectivity index (χ0) is 14.2. The quantitative estimate of drug-likeness (QED) is 0.733. The van der Waals surface area contributed by atoms with E-state index in [9.17, 15) is 18.0 Å². The molecule has 2 N–H and O–H groups in total. The monoisotopic (exact) mass is 268 g/mol. The molecule has 1 amide bonds. The Morgan fingerprint density at radius 2 is 1.89 bits per heavy atom. The number of hydrogen-bond donors (Lipinski definition) is 1. The summed E-state index contributed by atoms with van der Waals surface area (Å²) in [5.41, 5.74) is 2.29. The van der Waals surface area contributed by atoms with Gasteiger partial charge in [-0.15, -0.1) is 0 Å². The first kappa shape index (κ1) is 15.1. The summed E-state index contributed by atoms with van der Waals surface area (Å²) in [6, 6.07) is 0. The molecule has 7 heteroatoms. The average molecular weight is 268 g/mol. The maximum Gasteiger partial charge on any atom is 0.410 e. The van der Waals surface area contributed by atoms with Gasteiger partial charge in [0.25, 0.3) is 0 Å². The van der Waals surface area contributed by atoms with Crippen LogP contribution in [0.3, 0.4) is 0 Å². The van der Waals surface area contributed by atoms with E-state index in [2.05, 4.69) is 0 Å². The fraction of sp³-hybridized carbons (Fsp3) is 0.909. The van der Waals surface area contributed by atoms with Crippen molar-refractivity contribution in [1.29, 1.82) is 0 Å².